The number of fused-ring (bicyclic) bond motifs is 1. The molecule has 0 saturated carbocycles. The lowest BCUT2D eigenvalue weighted by molar-refractivity contribution is -0.143. The van der Waals surface area contributed by atoms with E-state index in [1.165, 1.54) is 0 Å². The number of ether oxygens (including phenoxy) is 1. The van der Waals surface area contributed by atoms with E-state index >= 15 is 0 Å². The summed E-state index contributed by atoms with van der Waals surface area (Å²) in [5, 5.41) is 13.0. The Morgan fingerprint density at radius 3 is 2.52 bits per heavy atom. The van der Waals surface area contributed by atoms with Crippen molar-refractivity contribution in [3.05, 3.63) is 47.5 Å². The Morgan fingerprint density at radius 2 is 1.86 bits per heavy atom. The number of para-hydroxylation sites is 1. The fraction of sp³-hybridized carbons (Fsp3) is 0.433. The number of amides is 3. The molecule has 0 spiro atoms. The van der Waals surface area contributed by atoms with E-state index in [0.29, 0.717) is 52.6 Å². The summed E-state index contributed by atoms with van der Waals surface area (Å²) in [6.45, 7) is 7.77. The molecule has 3 atom stereocenters. The monoisotopic (exact) mass is 595 g/mol. The van der Waals surface area contributed by atoms with Crippen molar-refractivity contribution in [1.29, 1.82) is 0 Å². The molecule has 11 nitrogen and oxygen atoms in total. The molecule has 224 valence electrons. The molecule has 12 heteroatoms. The van der Waals surface area contributed by atoms with Crippen LogP contribution < -0.4 is 26.0 Å². The van der Waals surface area contributed by atoms with Gasteiger partial charge < -0.3 is 25.6 Å². The number of hydrogen-bond donors (Lipinski definition) is 4. The highest BCUT2D eigenvalue weighted by molar-refractivity contribution is 6.33. The van der Waals surface area contributed by atoms with Gasteiger partial charge in [-0.1, -0.05) is 44.5 Å². The number of aromatic nitrogens is 2. The van der Waals surface area contributed by atoms with Crippen LogP contribution in [0.3, 0.4) is 0 Å². The smallest absolute Gasteiger partial charge is 0.249 e. The number of carbonyl (C=O) groups excluding carboxylic acids is 3. The molecule has 2 heterocycles. The van der Waals surface area contributed by atoms with Crippen LogP contribution in [0.4, 0.5) is 17.5 Å². The number of carbonyl (C=O) groups is 3. The van der Waals surface area contributed by atoms with Crippen LogP contribution in [-0.4, -0.2) is 71.4 Å². The summed E-state index contributed by atoms with van der Waals surface area (Å²) in [6, 6.07) is 10.6. The van der Waals surface area contributed by atoms with Crippen molar-refractivity contribution in [3.63, 3.8) is 0 Å². The third-order valence-corrected chi connectivity index (χ3v) is 7.66. The lowest BCUT2D eigenvalue weighted by Crippen LogP contribution is -2.59. The molecule has 42 heavy (non-hydrogen) atoms. The van der Waals surface area contributed by atoms with Crippen LogP contribution in [0.1, 0.15) is 40.5 Å². The van der Waals surface area contributed by atoms with Crippen LogP contribution in [0, 0.1) is 5.41 Å². The SMILES string of the molecule is CN[C@@H](C)C(=O)N[C@H](C(=O)N1CCC[C@H]1C(=O)Nc1nc(Nc2ccccc2Cl)c2ccc(OC)cc2n1)C(C)(C)C. The second-order valence-electron chi connectivity index (χ2n) is 11.4. The molecule has 4 rings (SSSR count). The topological polar surface area (TPSA) is 138 Å². The van der Waals surface area contributed by atoms with Crippen LogP contribution in [0.15, 0.2) is 42.5 Å². The van der Waals surface area contributed by atoms with Gasteiger partial charge in [-0.25, -0.2) is 4.98 Å². The van der Waals surface area contributed by atoms with Crippen LogP contribution in [-0.2, 0) is 14.4 Å². The number of halogens is 1. The summed E-state index contributed by atoms with van der Waals surface area (Å²) in [6.07, 6.45) is 1.12. The zero-order chi connectivity index (χ0) is 30.6. The van der Waals surface area contributed by atoms with E-state index in [1.54, 1.807) is 44.2 Å². The molecule has 1 saturated heterocycles. The van der Waals surface area contributed by atoms with Gasteiger partial charge in [0.2, 0.25) is 23.7 Å². The molecular formula is C30H38ClN7O4. The van der Waals surface area contributed by atoms with E-state index in [2.05, 4.69) is 31.2 Å². The van der Waals surface area contributed by atoms with Crippen molar-refractivity contribution in [2.24, 2.45) is 5.41 Å². The van der Waals surface area contributed by atoms with Gasteiger partial charge in [-0.2, -0.15) is 4.98 Å². The minimum absolute atomic E-state index is 0.0677. The van der Waals surface area contributed by atoms with E-state index in [9.17, 15) is 14.4 Å². The van der Waals surface area contributed by atoms with E-state index < -0.39 is 29.4 Å². The average Bonchev–Trinajstić information content (AvgIpc) is 3.45. The average molecular weight is 596 g/mol. The summed E-state index contributed by atoms with van der Waals surface area (Å²) >= 11 is 6.38. The van der Waals surface area contributed by atoms with Crippen molar-refractivity contribution < 1.29 is 19.1 Å². The maximum atomic E-state index is 13.8. The van der Waals surface area contributed by atoms with Crippen LogP contribution in [0.2, 0.25) is 5.02 Å². The standard InChI is InChI=1S/C30H38ClN7O4/c1-17(32-5)26(39)35-24(30(2,3)4)28(41)38-15-9-12-23(38)27(40)37-29-34-22-16-18(42-6)13-14-19(22)25(36-29)33-21-11-8-7-10-20(21)31/h7-8,10-11,13-14,16-17,23-24,32H,9,12,15H2,1-6H3,(H,35,39)(H2,33,34,36,37,40)/t17-,23-,24+/m0/s1. The first-order valence-corrected chi connectivity index (χ1v) is 14.3. The Labute approximate surface area is 250 Å². The van der Waals surface area contributed by atoms with E-state index in [4.69, 9.17) is 16.3 Å². The normalized spacial score (nSPS) is 16.5. The molecule has 0 aliphatic carbocycles. The van der Waals surface area contributed by atoms with Crippen LogP contribution >= 0.6 is 11.6 Å². The quantitative estimate of drug-likeness (QED) is 0.290. The third kappa shape index (κ3) is 6.91. The molecule has 3 aromatic rings. The molecule has 1 aliphatic heterocycles. The Hall–Kier alpha value is -3.96. The molecule has 3 amide bonds. The fourth-order valence-electron chi connectivity index (χ4n) is 4.79. The van der Waals surface area contributed by atoms with Gasteiger partial charge in [0.25, 0.3) is 0 Å². The molecule has 2 aromatic carbocycles. The lowest BCUT2D eigenvalue weighted by Gasteiger charge is -2.35. The maximum absolute atomic E-state index is 13.8. The van der Waals surface area contributed by atoms with Crippen molar-refractivity contribution in [3.8, 4) is 5.75 Å². The molecule has 1 fully saturated rings. The van der Waals surface area contributed by atoms with Crippen LogP contribution in [0.25, 0.3) is 10.9 Å². The highest BCUT2D eigenvalue weighted by Gasteiger charge is 2.42. The van der Waals surface area contributed by atoms with E-state index in [-0.39, 0.29) is 17.8 Å². The van der Waals surface area contributed by atoms with Crippen molar-refractivity contribution in [2.75, 3.05) is 31.3 Å². The fourth-order valence-corrected chi connectivity index (χ4v) is 4.97. The largest absolute Gasteiger partial charge is 0.497 e. The van der Waals surface area contributed by atoms with Crippen LogP contribution in [0.5, 0.6) is 5.75 Å². The molecule has 0 unspecified atom stereocenters. The van der Waals surface area contributed by atoms with Gasteiger partial charge in [0.05, 0.1) is 29.4 Å². The molecule has 1 aliphatic rings. The van der Waals surface area contributed by atoms with Crippen molar-refractivity contribution in [1.82, 2.24) is 25.5 Å². The second kappa shape index (κ2) is 12.9. The van der Waals surface area contributed by atoms with E-state index in [0.717, 1.165) is 0 Å². The zero-order valence-electron chi connectivity index (χ0n) is 24.7. The number of hydrogen-bond acceptors (Lipinski definition) is 8. The minimum Gasteiger partial charge on any atom is -0.497 e. The predicted molar refractivity (Wildman–Crippen MR) is 164 cm³/mol. The Balaban J connectivity index is 1.61. The highest BCUT2D eigenvalue weighted by Crippen LogP contribution is 2.31. The lowest BCUT2D eigenvalue weighted by atomic mass is 9.85. The summed E-state index contributed by atoms with van der Waals surface area (Å²) in [7, 11) is 3.24. The van der Waals surface area contributed by atoms with Gasteiger partial charge in [0, 0.05) is 18.0 Å². The summed E-state index contributed by atoms with van der Waals surface area (Å²) in [4.78, 5) is 50.8. The van der Waals surface area contributed by atoms with E-state index in [1.807, 2.05) is 45.0 Å². The number of methoxy groups -OCH3 is 1. The third-order valence-electron chi connectivity index (χ3n) is 7.33. The number of likely N-dealkylation sites (N-methyl/N-ethyl adjacent to an activating group) is 1. The minimum atomic E-state index is -0.815. The second-order valence-corrected chi connectivity index (χ2v) is 11.8. The number of anilines is 3. The number of benzene rings is 2. The number of rotatable bonds is 9. The first-order valence-electron chi connectivity index (χ1n) is 13.9. The molecular weight excluding hydrogens is 558 g/mol. The first kappa shape index (κ1) is 31.0. The van der Waals surface area contributed by atoms with Gasteiger partial charge in [-0.15, -0.1) is 0 Å². The van der Waals surface area contributed by atoms with Crippen molar-refractivity contribution >= 4 is 57.7 Å². The maximum Gasteiger partial charge on any atom is 0.249 e. The molecule has 1 aromatic heterocycles. The van der Waals surface area contributed by atoms with Gasteiger partial charge in [0.1, 0.15) is 23.7 Å². The van der Waals surface area contributed by atoms with Gasteiger partial charge >= 0.3 is 0 Å². The molecule has 0 radical (unpaired) electrons. The number of nitrogens with one attached hydrogen (secondary N) is 4. The summed E-state index contributed by atoms with van der Waals surface area (Å²) < 4.78 is 5.37. The summed E-state index contributed by atoms with van der Waals surface area (Å²) in [5.41, 5.74) is 0.606. The first-order chi connectivity index (χ1) is 19.9. The molecule has 0 bridgehead atoms. The predicted octanol–water partition coefficient (Wildman–Crippen LogP) is 4.10. The molecule has 4 N–H and O–H groups in total. The number of nitrogens with zero attached hydrogens (tertiary/aromatic N) is 3. The number of likely N-dealkylation sites (tertiary alicyclic amines) is 1. The highest BCUT2D eigenvalue weighted by atomic mass is 35.5. The summed E-state index contributed by atoms with van der Waals surface area (Å²) in [5.74, 6) is 0.108. The van der Waals surface area contributed by atoms with Crippen molar-refractivity contribution in [2.45, 2.75) is 58.7 Å². The zero-order valence-corrected chi connectivity index (χ0v) is 25.5. The van der Waals surface area contributed by atoms with Gasteiger partial charge in [-0.05, 0) is 56.5 Å². The Bertz CT molecular complexity index is 1480. The van der Waals surface area contributed by atoms with Gasteiger partial charge in [-0.3, -0.25) is 19.7 Å². The Morgan fingerprint density at radius 1 is 1.12 bits per heavy atom. The van der Waals surface area contributed by atoms with Gasteiger partial charge in [0.15, 0.2) is 0 Å². The Kier molecular flexibility index (Phi) is 9.53.